The maximum Gasteiger partial charge on any atom is 0.335 e. The molecular formula is C36H26N4O3. The summed E-state index contributed by atoms with van der Waals surface area (Å²) in [5.41, 5.74) is 5.90. The second kappa shape index (κ2) is 10.3. The van der Waals surface area contributed by atoms with E-state index in [-0.39, 0.29) is 11.5 Å². The van der Waals surface area contributed by atoms with Crippen LogP contribution in [0.2, 0.25) is 0 Å². The summed E-state index contributed by atoms with van der Waals surface area (Å²) in [5, 5.41) is 24.0. The van der Waals surface area contributed by atoms with Gasteiger partial charge in [-0.25, -0.2) is 4.79 Å². The number of nitrogens with one attached hydrogen (secondary N) is 1. The first-order valence-corrected chi connectivity index (χ1v) is 14.1. The van der Waals surface area contributed by atoms with Crippen molar-refractivity contribution in [2.45, 2.75) is 24.9 Å². The number of hydrogen-bond acceptors (Lipinski definition) is 4. The lowest BCUT2D eigenvalue weighted by atomic mass is 9.97. The lowest BCUT2D eigenvalue weighted by Crippen LogP contribution is -2.35. The number of carbonyl (C=O) groups excluding carboxylic acids is 1. The van der Waals surface area contributed by atoms with Crippen molar-refractivity contribution in [3.8, 4) is 17.2 Å². The van der Waals surface area contributed by atoms with Gasteiger partial charge in [0.15, 0.2) is 0 Å². The fourth-order valence-corrected chi connectivity index (χ4v) is 5.79. The molecule has 4 aromatic carbocycles. The highest BCUT2D eigenvalue weighted by molar-refractivity contribution is 6.08. The minimum absolute atomic E-state index is 0.208. The first-order chi connectivity index (χ1) is 20.9. The normalized spacial score (nSPS) is 13.5. The lowest BCUT2D eigenvalue weighted by molar-refractivity contribution is 0.0696. The molecule has 1 amide bonds. The van der Waals surface area contributed by atoms with Crippen LogP contribution in [0.15, 0.2) is 109 Å². The smallest absolute Gasteiger partial charge is 0.335 e. The molecule has 1 aliphatic carbocycles. The second-order valence-corrected chi connectivity index (χ2v) is 11.0. The summed E-state index contributed by atoms with van der Waals surface area (Å²) in [4.78, 5) is 30.4. The van der Waals surface area contributed by atoms with Crippen LogP contribution in [0, 0.1) is 11.3 Å². The van der Waals surface area contributed by atoms with Crippen molar-refractivity contribution in [3.63, 3.8) is 0 Å². The molecule has 2 N–H and O–H groups in total. The van der Waals surface area contributed by atoms with Crippen LogP contribution in [0.4, 0.5) is 0 Å². The summed E-state index contributed by atoms with van der Waals surface area (Å²) in [5.74, 6) is -1.20. The molecule has 7 heteroatoms. The Morgan fingerprint density at radius 3 is 2.47 bits per heavy atom. The van der Waals surface area contributed by atoms with Gasteiger partial charge in [-0.15, -0.1) is 0 Å². The van der Waals surface area contributed by atoms with Gasteiger partial charge in [0.1, 0.15) is 0 Å². The number of fused-ring (bicyclic) bond motifs is 2. The third kappa shape index (κ3) is 4.89. The number of aromatic nitrogens is 2. The van der Waals surface area contributed by atoms with Crippen molar-refractivity contribution in [1.29, 1.82) is 5.26 Å². The Morgan fingerprint density at radius 2 is 1.70 bits per heavy atom. The number of carboxylic acids is 1. The number of nitrogens with zero attached hydrogens (tertiary/aromatic N) is 3. The lowest BCUT2D eigenvalue weighted by Gasteiger charge is -2.20. The number of nitriles is 1. The van der Waals surface area contributed by atoms with Gasteiger partial charge in [-0.05, 0) is 84.1 Å². The van der Waals surface area contributed by atoms with Gasteiger partial charge in [0.05, 0.1) is 51.6 Å². The molecule has 2 heterocycles. The molecule has 7 nitrogen and oxygen atoms in total. The first kappa shape index (κ1) is 26.2. The Balaban J connectivity index is 1.30. The monoisotopic (exact) mass is 562 g/mol. The van der Waals surface area contributed by atoms with Crippen molar-refractivity contribution in [2.75, 3.05) is 0 Å². The number of carbonyl (C=O) groups is 2. The summed E-state index contributed by atoms with van der Waals surface area (Å²) < 4.78 is 2.05. The van der Waals surface area contributed by atoms with Gasteiger partial charge < -0.3 is 15.0 Å². The number of rotatable bonds is 7. The van der Waals surface area contributed by atoms with E-state index in [0.717, 1.165) is 57.0 Å². The number of hydrogen-bond donors (Lipinski definition) is 2. The number of pyridine rings is 1. The Labute approximate surface area is 247 Å². The van der Waals surface area contributed by atoms with Crippen LogP contribution in [0.5, 0.6) is 0 Å². The quantitative estimate of drug-likeness (QED) is 0.220. The van der Waals surface area contributed by atoms with Gasteiger partial charge in [0.2, 0.25) is 0 Å². The van der Waals surface area contributed by atoms with Crippen molar-refractivity contribution in [2.24, 2.45) is 0 Å². The summed E-state index contributed by atoms with van der Waals surface area (Å²) in [7, 11) is 0. The van der Waals surface area contributed by atoms with E-state index in [4.69, 9.17) is 4.98 Å². The van der Waals surface area contributed by atoms with Crippen LogP contribution < -0.4 is 5.32 Å². The van der Waals surface area contributed by atoms with E-state index >= 15 is 0 Å². The molecule has 0 bridgehead atoms. The van der Waals surface area contributed by atoms with Gasteiger partial charge in [0.25, 0.3) is 5.91 Å². The van der Waals surface area contributed by atoms with Crippen LogP contribution >= 0.6 is 0 Å². The average Bonchev–Trinajstić information content (AvgIpc) is 3.72. The molecular weight excluding hydrogens is 536 g/mol. The minimum atomic E-state index is -0.984. The van der Waals surface area contributed by atoms with Gasteiger partial charge in [-0.2, -0.15) is 5.26 Å². The molecule has 0 spiro atoms. The largest absolute Gasteiger partial charge is 0.478 e. The Hall–Kier alpha value is -5.74. The Bertz CT molecular complexity index is 2100. The predicted molar refractivity (Wildman–Crippen MR) is 165 cm³/mol. The zero-order valence-electron chi connectivity index (χ0n) is 23.1. The number of benzene rings is 4. The van der Waals surface area contributed by atoms with Crippen LogP contribution in [-0.4, -0.2) is 26.5 Å². The van der Waals surface area contributed by atoms with Crippen LogP contribution in [0.3, 0.4) is 0 Å². The second-order valence-electron chi connectivity index (χ2n) is 11.0. The van der Waals surface area contributed by atoms with Crippen molar-refractivity contribution >= 4 is 33.7 Å². The molecule has 0 unspecified atom stereocenters. The maximum atomic E-state index is 14.2. The SMILES string of the molecule is N#Cc1cccc(-c2cc(C(=O)NC3(c4ccc(C(=O)O)cc4)CC3)c3c(ccn3Cc3ccc4ccccc4n3)c2)c1. The highest BCUT2D eigenvalue weighted by atomic mass is 16.4. The zero-order valence-corrected chi connectivity index (χ0v) is 23.1. The van der Waals surface area contributed by atoms with Crippen molar-refractivity contribution in [3.05, 3.63) is 137 Å². The molecule has 43 heavy (non-hydrogen) atoms. The molecule has 208 valence electrons. The number of aromatic carboxylic acids is 1. The molecule has 2 aromatic heterocycles. The molecule has 0 aliphatic heterocycles. The van der Waals surface area contributed by atoms with E-state index in [1.165, 1.54) is 0 Å². The zero-order chi connectivity index (χ0) is 29.6. The van der Waals surface area contributed by atoms with E-state index < -0.39 is 11.5 Å². The summed E-state index contributed by atoms with van der Waals surface area (Å²) >= 11 is 0. The van der Waals surface area contributed by atoms with E-state index in [0.29, 0.717) is 17.7 Å². The van der Waals surface area contributed by atoms with Gasteiger partial charge >= 0.3 is 5.97 Å². The fraction of sp³-hybridized carbons (Fsp3) is 0.111. The average molecular weight is 563 g/mol. The standard InChI is InChI=1S/C36H26N4O3/c37-21-23-4-3-6-26(18-23)28-19-27-14-17-40(22-30-13-10-24-5-1-2-7-32(24)38-30)33(27)31(20-28)34(41)39-36(15-16-36)29-11-8-25(9-12-29)35(42)43/h1-14,17-20H,15-16,22H2,(H,39,41)(H,42,43). The molecule has 0 atom stereocenters. The van der Waals surface area contributed by atoms with E-state index in [9.17, 15) is 20.0 Å². The summed E-state index contributed by atoms with van der Waals surface area (Å²) in [6.45, 7) is 0.486. The number of para-hydroxylation sites is 1. The third-order valence-corrected chi connectivity index (χ3v) is 8.21. The molecule has 6 aromatic rings. The van der Waals surface area contributed by atoms with Gasteiger partial charge in [0, 0.05) is 17.0 Å². The summed E-state index contributed by atoms with van der Waals surface area (Å²) in [6.07, 6.45) is 3.51. The highest BCUT2D eigenvalue weighted by Crippen LogP contribution is 2.46. The van der Waals surface area contributed by atoms with Crippen molar-refractivity contribution in [1.82, 2.24) is 14.9 Å². The van der Waals surface area contributed by atoms with E-state index in [2.05, 4.69) is 22.0 Å². The molecule has 7 rings (SSSR count). The molecule has 0 saturated heterocycles. The van der Waals surface area contributed by atoms with Crippen molar-refractivity contribution < 1.29 is 14.7 Å². The molecule has 0 radical (unpaired) electrons. The fourth-order valence-electron chi connectivity index (χ4n) is 5.79. The summed E-state index contributed by atoms with van der Waals surface area (Å²) in [6, 6.07) is 34.3. The highest BCUT2D eigenvalue weighted by Gasteiger charge is 2.46. The van der Waals surface area contributed by atoms with Crippen LogP contribution in [-0.2, 0) is 12.1 Å². The maximum absolute atomic E-state index is 14.2. The molecule has 1 saturated carbocycles. The van der Waals surface area contributed by atoms with E-state index in [1.54, 1.807) is 30.3 Å². The van der Waals surface area contributed by atoms with E-state index in [1.807, 2.05) is 72.9 Å². The number of carboxylic acid groups (broad SMARTS) is 1. The van der Waals surface area contributed by atoms with Crippen LogP contribution in [0.1, 0.15) is 50.4 Å². The Kier molecular flexibility index (Phi) is 6.25. The van der Waals surface area contributed by atoms with Gasteiger partial charge in [-0.3, -0.25) is 9.78 Å². The molecule has 1 fully saturated rings. The van der Waals surface area contributed by atoms with Gasteiger partial charge in [-0.1, -0.05) is 48.5 Å². The first-order valence-electron chi connectivity index (χ1n) is 14.1. The topological polar surface area (TPSA) is 108 Å². The third-order valence-electron chi connectivity index (χ3n) is 8.21. The molecule has 1 aliphatic rings. The van der Waals surface area contributed by atoms with Crippen LogP contribution in [0.25, 0.3) is 32.9 Å². The number of amides is 1. The predicted octanol–water partition coefficient (Wildman–Crippen LogP) is 6.89. The minimum Gasteiger partial charge on any atom is -0.478 e. The Morgan fingerprint density at radius 1 is 0.884 bits per heavy atom.